The first-order chi connectivity index (χ1) is 11.1. The van der Waals surface area contributed by atoms with Crippen LogP contribution in [0.15, 0.2) is 53.4 Å². The zero-order chi connectivity index (χ0) is 16.2. The number of rotatable bonds is 5. The summed E-state index contributed by atoms with van der Waals surface area (Å²) in [5.41, 5.74) is 2.72. The monoisotopic (exact) mass is 334 g/mol. The molecule has 120 valence electrons. The standard InChI is InChI=1S/C17H16F2N2OS/c18-17(19)23-15-8-4-2-6-13(15)20-16(22)11-21-10-9-12-5-1-3-7-14(12)21/h1-8,17H,9-11H2,(H,20,22). The fourth-order valence-electron chi connectivity index (χ4n) is 2.70. The molecule has 0 atom stereocenters. The molecule has 2 aromatic rings. The average molecular weight is 334 g/mol. The lowest BCUT2D eigenvalue weighted by molar-refractivity contribution is -0.115. The van der Waals surface area contributed by atoms with Crippen LogP contribution in [0.3, 0.4) is 0 Å². The minimum absolute atomic E-state index is 0.205. The van der Waals surface area contributed by atoms with Crippen LogP contribution in [-0.2, 0) is 11.2 Å². The number of alkyl halides is 2. The molecule has 1 N–H and O–H groups in total. The number of hydrogen-bond acceptors (Lipinski definition) is 3. The van der Waals surface area contributed by atoms with Crippen LogP contribution in [0.25, 0.3) is 0 Å². The zero-order valence-corrected chi connectivity index (χ0v) is 13.2. The number of hydrogen-bond donors (Lipinski definition) is 1. The number of fused-ring (bicyclic) bond motifs is 1. The van der Waals surface area contributed by atoms with Crippen molar-refractivity contribution in [2.24, 2.45) is 0 Å². The Kier molecular flexibility index (Phi) is 4.81. The highest BCUT2D eigenvalue weighted by Crippen LogP contribution is 2.32. The van der Waals surface area contributed by atoms with Crippen LogP contribution in [0.1, 0.15) is 5.56 Å². The number of carbonyl (C=O) groups is 1. The van der Waals surface area contributed by atoms with Gasteiger partial charge in [-0.05, 0) is 30.2 Å². The molecule has 1 amide bonds. The van der Waals surface area contributed by atoms with E-state index >= 15 is 0 Å². The molecule has 0 saturated heterocycles. The third-order valence-electron chi connectivity index (χ3n) is 3.70. The van der Waals surface area contributed by atoms with Gasteiger partial charge in [0.1, 0.15) is 0 Å². The molecule has 1 aliphatic heterocycles. The van der Waals surface area contributed by atoms with Gasteiger partial charge in [0.2, 0.25) is 5.91 Å². The summed E-state index contributed by atoms with van der Waals surface area (Å²) < 4.78 is 25.1. The van der Waals surface area contributed by atoms with E-state index in [1.165, 1.54) is 5.56 Å². The number of nitrogens with one attached hydrogen (secondary N) is 1. The van der Waals surface area contributed by atoms with E-state index in [0.29, 0.717) is 22.3 Å². The Morgan fingerprint density at radius 3 is 2.74 bits per heavy atom. The van der Waals surface area contributed by atoms with E-state index in [-0.39, 0.29) is 12.5 Å². The predicted octanol–water partition coefficient (Wildman–Crippen LogP) is 4.00. The predicted molar refractivity (Wildman–Crippen MR) is 89.3 cm³/mol. The van der Waals surface area contributed by atoms with Crippen molar-refractivity contribution in [3.8, 4) is 0 Å². The molecule has 3 nitrogen and oxygen atoms in total. The second-order valence-corrected chi connectivity index (χ2v) is 6.25. The average Bonchev–Trinajstić information content (AvgIpc) is 2.92. The maximum atomic E-state index is 12.6. The van der Waals surface area contributed by atoms with Crippen molar-refractivity contribution in [1.82, 2.24) is 0 Å². The summed E-state index contributed by atoms with van der Waals surface area (Å²) in [7, 11) is 0. The number of carbonyl (C=O) groups excluding carboxylic acids is 1. The van der Waals surface area contributed by atoms with E-state index in [1.807, 2.05) is 23.1 Å². The van der Waals surface area contributed by atoms with Crippen molar-refractivity contribution in [1.29, 1.82) is 0 Å². The Balaban J connectivity index is 1.67. The summed E-state index contributed by atoms with van der Waals surface area (Å²) in [6.45, 7) is 1.00. The highest BCUT2D eigenvalue weighted by molar-refractivity contribution is 7.99. The lowest BCUT2D eigenvalue weighted by Gasteiger charge is -2.19. The first-order valence-electron chi connectivity index (χ1n) is 7.30. The van der Waals surface area contributed by atoms with E-state index in [1.54, 1.807) is 24.3 Å². The summed E-state index contributed by atoms with van der Waals surface area (Å²) in [5.74, 6) is -2.72. The summed E-state index contributed by atoms with van der Waals surface area (Å²) in [4.78, 5) is 14.6. The SMILES string of the molecule is O=C(CN1CCc2ccccc21)Nc1ccccc1SC(F)F. The largest absolute Gasteiger partial charge is 0.362 e. The molecule has 0 aromatic heterocycles. The normalized spacial score (nSPS) is 13.3. The fraction of sp³-hybridized carbons (Fsp3) is 0.235. The Morgan fingerprint density at radius 1 is 1.17 bits per heavy atom. The summed E-state index contributed by atoms with van der Waals surface area (Å²) in [6, 6.07) is 14.6. The van der Waals surface area contributed by atoms with Gasteiger partial charge < -0.3 is 10.2 Å². The molecule has 2 aromatic carbocycles. The smallest absolute Gasteiger partial charge is 0.288 e. The molecular weight excluding hydrogens is 318 g/mol. The van der Waals surface area contributed by atoms with E-state index in [4.69, 9.17) is 0 Å². The Bertz CT molecular complexity index is 708. The van der Waals surface area contributed by atoms with Gasteiger partial charge >= 0.3 is 0 Å². The quantitative estimate of drug-likeness (QED) is 0.839. The van der Waals surface area contributed by atoms with Crippen LogP contribution in [0.5, 0.6) is 0 Å². The second-order valence-electron chi connectivity index (χ2n) is 5.22. The molecule has 0 aliphatic carbocycles. The lowest BCUT2D eigenvalue weighted by atomic mass is 10.2. The molecule has 0 radical (unpaired) electrons. The number of halogens is 2. The Hall–Kier alpha value is -2.08. The van der Waals surface area contributed by atoms with Crippen LogP contribution < -0.4 is 10.2 Å². The highest BCUT2D eigenvalue weighted by atomic mass is 32.2. The maximum absolute atomic E-state index is 12.6. The van der Waals surface area contributed by atoms with Crippen LogP contribution in [0, 0.1) is 0 Å². The van der Waals surface area contributed by atoms with Crippen molar-refractivity contribution in [2.45, 2.75) is 17.1 Å². The Labute approximate surface area is 137 Å². The van der Waals surface area contributed by atoms with E-state index in [2.05, 4.69) is 11.4 Å². The van der Waals surface area contributed by atoms with Crippen LogP contribution in [0.4, 0.5) is 20.2 Å². The number of anilines is 2. The number of nitrogens with zero attached hydrogens (tertiary/aromatic N) is 1. The fourth-order valence-corrected chi connectivity index (χ4v) is 3.30. The molecule has 0 bridgehead atoms. The third kappa shape index (κ3) is 3.82. The highest BCUT2D eigenvalue weighted by Gasteiger charge is 2.21. The molecular formula is C17H16F2N2OS. The summed E-state index contributed by atoms with van der Waals surface area (Å²) in [5, 5.41) is 2.74. The first kappa shape index (κ1) is 15.8. The van der Waals surface area contributed by atoms with Crippen molar-refractivity contribution in [2.75, 3.05) is 23.3 Å². The van der Waals surface area contributed by atoms with E-state index < -0.39 is 5.76 Å². The molecule has 3 rings (SSSR count). The third-order valence-corrected chi connectivity index (χ3v) is 4.48. The minimum Gasteiger partial charge on any atom is -0.362 e. The molecule has 0 spiro atoms. The van der Waals surface area contributed by atoms with Gasteiger partial charge in [-0.25, -0.2) is 0 Å². The van der Waals surface area contributed by atoms with E-state index in [9.17, 15) is 13.6 Å². The van der Waals surface area contributed by atoms with Crippen molar-refractivity contribution < 1.29 is 13.6 Å². The van der Waals surface area contributed by atoms with Gasteiger partial charge in [-0.3, -0.25) is 4.79 Å². The van der Waals surface area contributed by atoms with Gasteiger partial charge in [0, 0.05) is 17.1 Å². The minimum atomic E-state index is -2.52. The van der Waals surface area contributed by atoms with Gasteiger partial charge in [-0.2, -0.15) is 8.78 Å². The van der Waals surface area contributed by atoms with Gasteiger partial charge in [0.15, 0.2) is 0 Å². The maximum Gasteiger partial charge on any atom is 0.288 e. The van der Waals surface area contributed by atoms with Crippen LogP contribution in [0.2, 0.25) is 0 Å². The summed E-state index contributed by atoms with van der Waals surface area (Å²) in [6.07, 6.45) is 0.918. The molecule has 0 saturated carbocycles. The molecule has 23 heavy (non-hydrogen) atoms. The second kappa shape index (κ2) is 7.00. The molecule has 0 unspecified atom stereocenters. The first-order valence-corrected chi connectivity index (χ1v) is 8.18. The number of para-hydroxylation sites is 2. The van der Waals surface area contributed by atoms with Crippen molar-refractivity contribution in [3.05, 3.63) is 54.1 Å². The Morgan fingerprint density at radius 2 is 1.91 bits per heavy atom. The molecule has 0 fully saturated rings. The van der Waals surface area contributed by atoms with Gasteiger partial charge in [-0.15, -0.1) is 0 Å². The van der Waals surface area contributed by atoms with Crippen LogP contribution in [-0.4, -0.2) is 24.8 Å². The van der Waals surface area contributed by atoms with Crippen LogP contribution >= 0.6 is 11.8 Å². The number of thioether (sulfide) groups is 1. The van der Waals surface area contributed by atoms with Crippen molar-refractivity contribution >= 4 is 29.0 Å². The molecule has 1 heterocycles. The lowest BCUT2D eigenvalue weighted by Crippen LogP contribution is -2.32. The number of benzene rings is 2. The van der Waals surface area contributed by atoms with Crippen molar-refractivity contribution in [3.63, 3.8) is 0 Å². The number of amides is 1. The zero-order valence-electron chi connectivity index (χ0n) is 12.3. The van der Waals surface area contributed by atoms with Gasteiger partial charge in [-0.1, -0.05) is 42.1 Å². The molecule has 1 aliphatic rings. The summed E-state index contributed by atoms with van der Waals surface area (Å²) >= 11 is 0.437. The molecule has 6 heteroatoms. The van der Waals surface area contributed by atoms with E-state index in [0.717, 1.165) is 18.7 Å². The topological polar surface area (TPSA) is 32.3 Å². The van der Waals surface area contributed by atoms with Gasteiger partial charge in [0.05, 0.1) is 12.2 Å². The van der Waals surface area contributed by atoms with Gasteiger partial charge in [0.25, 0.3) is 5.76 Å².